The zero-order valence-electron chi connectivity index (χ0n) is 72.1. The topological polar surface area (TPSA) is 315 Å². The summed E-state index contributed by atoms with van der Waals surface area (Å²) in [5, 5.41) is 39.3. The van der Waals surface area contributed by atoms with Crippen LogP contribution >= 0.6 is 43.5 Å². The van der Waals surface area contributed by atoms with Crippen LogP contribution in [0.2, 0.25) is 5.28 Å². The van der Waals surface area contributed by atoms with Gasteiger partial charge in [-0.15, -0.1) is 0 Å². The molecule has 121 heavy (non-hydrogen) atoms. The number of hydrogen-bond acceptors (Lipinski definition) is 23. The average molecular weight is 1830 g/mol. The highest BCUT2D eigenvalue weighted by atomic mass is 79.9. The molecule has 14 rings (SSSR count). The van der Waals surface area contributed by atoms with E-state index in [0.717, 1.165) is 175 Å². The number of aromatic nitrogens is 9. The number of hydrogen-bond donors (Lipinski definition) is 6. The van der Waals surface area contributed by atoms with Gasteiger partial charge < -0.3 is 88.2 Å². The van der Waals surface area contributed by atoms with E-state index >= 15 is 0 Å². The summed E-state index contributed by atoms with van der Waals surface area (Å²) in [5.74, 6) is 1.21. The lowest BCUT2D eigenvalue weighted by Crippen LogP contribution is -2.49. The van der Waals surface area contributed by atoms with Crippen molar-refractivity contribution in [2.24, 2.45) is 5.73 Å². The van der Waals surface area contributed by atoms with E-state index in [1.54, 1.807) is 37.3 Å². The molecular formula is C89H140BBr2ClN16O12. The van der Waals surface area contributed by atoms with Gasteiger partial charge in [0.2, 0.25) is 17.2 Å². The molecule has 3 saturated heterocycles. The Kier molecular flexibility index (Phi) is 38.5. The molecule has 2 aromatic carbocycles. The number of aliphatic hydroxyl groups is 3. The maximum Gasteiger partial charge on any atom is 0.494 e. The van der Waals surface area contributed by atoms with Gasteiger partial charge in [0.1, 0.15) is 28.1 Å². The number of carbonyl (C=O) groups is 2. The first kappa shape index (κ1) is 101. The number of halogens is 3. The summed E-state index contributed by atoms with van der Waals surface area (Å²) in [6.45, 7) is 35.3. The number of nitrogens with one attached hydrogen (secondary N) is 2. The van der Waals surface area contributed by atoms with Crippen LogP contribution in [0.15, 0.2) is 94.7 Å². The molecule has 672 valence electrons. The highest BCUT2D eigenvalue weighted by molar-refractivity contribution is 9.11. The third-order valence-corrected chi connectivity index (χ3v) is 23.9. The third kappa shape index (κ3) is 28.9. The zero-order chi connectivity index (χ0) is 85.4. The summed E-state index contributed by atoms with van der Waals surface area (Å²) >= 11 is 13.0. The van der Waals surface area contributed by atoms with Crippen molar-refractivity contribution in [1.82, 2.24) is 63.2 Å². The summed E-state index contributed by atoms with van der Waals surface area (Å²) in [4.78, 5) is 60.0. The van der Waals surface area contributed by atoms with E-state index in [-0.39, 0.29) is 94.5 Å². The summed E-state index contributed by atoms with van der Waals surface area (Å²) < 4.78 is 47.0. The van der Waals surface area contributed by atoms with Crippen LogP contribution in [0.5, 0.6) is 0 Å². The molecule has 32 heteroatoms. The van der Waals surface area contributed by atoms with Crippen LogP contribution in [-0.2, 0) is 46.1 Å². The smallest absolute Gasteiger partial charge is 0.444 e. The number of methoxy groups -OCH3 is 3. The quantitative estimate of drug-likeness (QED) is 0.0324. The first-order valence-corrected chi connectivity index (χ1v) is 43.8. The van der Waals surface area contributed by atoms with Crippen molar-refractivity contribution in [2.45, 2.75) is 279 Å². The summed E-state index contributed by atoms with van der Waals surface area (Å²) in [6.07, 6.45) is 21.7. The fourth-order valence-electron chi connectivity index (χ4n) is 15.4. The van der Waals surface area contributed by atoms with Crippen molar-refractivity contribution >= 4 is 113 Å². The van der Waals surface area contributed by atoms with Crippen LogP contribution < -0.4 is 21.8 Å². The Morgan fingerprint density at radius 2 is 0.876 bits per heavy atom. The number of piperazine rings is 2. The molecule has 3 aliphatic carbocycles. The van der Waals surface area contributed by atoms with Crippen molar-refractivity contribution in [3.8, 4) is 11.1 Å². The Bertz CT molecular complexity index is 4470. The van der Waals surface area contributed by atoms with E-state index in [2.05, 4.69) is 179 Å². The number of anilines is 2. The molecule has 0 radical (unpaired) electrons. The minimum atomic E-state index is -0.477. The minimum absolute atomic E-state index is 0. The number of benzene rings is 2. The number of ether oxygens (including phenoxy) is 5. The zero-order valence-corrected chi connectivity index (χ0v) is 76.0. The number of nitrogens with two attached hydrogens (primary N) is 1. The van der Waals surface area contributed by atoms with Crippen LogP contribution in [-0.4, -0.2) is 250 Å². The van der Waals surface area contributed by atoms with Crippen molar-refractivity contribution in [2.75, 3.05) is 104 Å². The number of carbonyl (C=O) groups excluding carboxylic acids is 2. The lowest BCUT2D eigenvalue weighted by molar-refractivity contribution is 0.00578. The van der Waals surface area contributed by atoms with Crippen LogP contribution in [0.4, 0.5) is 21.5 Å². The lowest BCUT2D eigenvalue weighted by Gasteiger charge is -2.35. The molecule has 6 aromatic heterocycles. The van der Waals surface area contributed by atoms with Crippen molar-refractivity contribution < 1.29 is 57.9 Å². The minimum Gasteiger partial charge on any atom is -0.444 e. The lowest BCUT2D eigenvalue weighted by atomic mass is 9.79. The molecule has 7 N–H and O–H groups in total. The molecule has 6 aliphatic rings. The summed E-state index contributed by atoms with van der Waals surface area (Å²) in [5.41, 5.74) is 12.2. The van der Waals surface area contributed by atoms with Crippen molar-refractivity contribution in [3.05, 3.63) is 111 Å². The van der Waals surface area contributed by atoms with Gasteiger partial charge in [-0.25, -0.2) is 24.5 Å². The van der Waals surface area contributed by atoms with Gasteiger partial charge in [-0.1, -0.05) is 70.8 Å². The van der Waals surface area contributed by atoms with Gasteiger partial charge in [0.15, 0.2) is 0 Å². The second-order valence-corrected chi connectivity index (χ2v) is 37.3. The third-order valence-electron chi connectivity index (χ3n) is 22.4. The SMILES string of the molecule is C.C.C.CC(C)(C)OC(=O)N1CCN(Cc2ccc(B3OC(C)(C)C(C)(C)O3)cc2)CC1.COCC(C)N.COCC(C)Nc1ncc2c(-c3ccc(CN4CCN(C(=O)OC(C)(C)C)CC4)cc3)cn(C3CCC(O)CC3)c2n1.COCC(C)Nc1ncc2c(Br)cn(C3CCC(O)CC3)c2n1.OC1CCC(n2cc(Br)c3cnc(Cl)nc32)CC1. The Hall–Kier alpha value is -6.69. The monoisotopic (exact) mass is 1830 g/mol. The molecule has 3 aliphatic heterocycles. The normalized spacial score (nSPS) is 21.3. The predicted octanol–water partition coefficient (Wildman–Crippen LogP) is 16.4. The highest BCUT2D eigenvalue weighted by Gasteiger charge is 2.52. The molecular weight excluding hydrogens is 1690 g/mol. The van der Waals surface area contributed by atoms with Gasteiger partial charge in [0.05, 0.1) is 60.1 Å². The fraction of sp³-hybridized carbons (Fsp3) is 0.640. The first-order chi connectivity index (χ1) is 56.0. The Labute approximate surface area is 741 Å². The molecule has 0 bridgehead atoms. The van der Waals surface area contributed by atoms with Crippen LogP contribution in [0, 0.1) is 0 Å². The van der Waals surface area contributed by atoms with E-state index in [1.165, 1.54) is 11.1 Å². The van der Waals surface area contributed by atoms with Crippen molar-refractivity contribution in [1.29, 1.82) is 0 Å². The molecule has 3 atom stereocenters. The summed E-state index contributed by atoms with van der Waals surface area (Å²) in [7, 11) is 4.69. The predicted molar refractivity (Wildman–Crippen MR) is 493 cm³/mol. The van der Waals surface area contributed by atoms with Gasteiger partial charge in [-0.2, -0.15) is 15.0 Å². The molecule has 2 amide bonds. The maximum absolute atomic E-state index is 12.4. The van der Waals surface area contributed by atoms with Gasteiger partial charge in [-0.3, -0.25) is 9.80 Å². The van der Waals surface area contributed by atoms with Crippen molar-refractivity contribution in [3.63, 3.8) is 0 Å². The molecule has 3 unspecified atom stereocenters. The Morgan fingerprint density at radius 3 is 1.24 bits per heavy atom. The molecule has 6 fully saturated rings. The second kappa shape index (κ2) is 46.0. The second-order valence-electron chi connectivity index (χ2n) is 35.3. The number of fused-ring (bicyclic) bond motifs is 3. The maximum atomic E-state index is 12.4. The number of amides is 2. The van der Waals surface area contributed by atoms with Crippen LogP contribution in [0.3, 0.4) is 0 Å². The van der Waals surface area contributed by atoms with Gasteiger partial charge in [0, 0.05) is 180 Å². The average Bonchev–Trinajstić information content (AvgIpc) is 1.62. The molecule has 0 spiro atoms. The van der Waals surface area contributed by atoms with E-state index in [9.17, 15) is 24.9 Å². The highest BCUT2D eigenvalue weighted by Crippen LogP contribution is 2.41. The van der Waals surface area contributed by atoms with Crippen LogP contribution in [0.1, 0.15) is 219 Å². The first-order valence-electron chi connectivity index (χ1n) is 41.8. The van der Waals surface area contributed by atoms with E-state index in [0.29, 0.717) is 76.0 Å². The molecule has 28 nitrogen and oxygen atoms in total. The van der Waals surface area contributed by atoms with Gasteiger partial charge >= 0.3 is 19.3 Å². The van der Waals surface area contributed by atoms with Crippen LogP contribution in [0.25, 0.3) is 44.2 Å². The fourth-order valence-corrected chi connectivity index (χ4v) is 16.5. The number of rotatable bonds is 19. The Morgan fingerprint density at radius 1 is 0.529 bits per heavy atom. The van der Waals surface area contributed by atoms with Gasteiger partial charge in [0.25, 0.3) is 0 Å². The Balaban J connectivity index is 0.000000224. The molecule has 3 saturated carbocycles. The van der Waals surface area contributed by atoms with E-state index < -0.39 is 11.2 Å². The van der Waals surface area contributed by atoms with Gasteiger partial charge in [-0.05, 0) is 233 Å². The number of aliphatic hydroxyl groups excluding tert-OH is 3. The molecule has 9 heterocycles. The number of nitrogens with zero attached hydrogens (tertiary/aromatic N) is 13. The van der Waals surface area contributed by atoms with E-state index in [4.69, 9.17) is 55.6 Å². The summed E-state index contributed by atoms with van der Waals surface area (Å²) in [6, 6.07) is 18.7. The van der Waals surface area contributed by atoms with E-state index in [1.807, 2.05) is 80.9 Å². The molecule has 8 aromatic rings. The largest absolute Gasteiger partial charge is 0.494 e. The standard InChI is InChI=1S/C32H46N6O4.C22H35BN2O4.C16H23BrN4O2.C12H13BrClN3O.C4H11NO.3CH4/c1-22(21-41-5)34-30-33-18-27-28(20-38(29(27)35-30)25-10-12-26(39)13-11-25)24-8-6-23(7-9-24)19-36-14-16-37(17-15-36)31(40)42-32(2,3)4;1-20(2,3)27-19(26)25-14-12-24(13-15-25)16-17-8-10-18(11-9-17)23-28-21(4,5)22(6,7)29-23;1-10(9-23-2)19-16-18-7-13-14(17)8-21(15(13)20-16)11-3-5-12(22)6-4-11;13-10-6-17(7-1-3-8(18)4-2-7)11-9(10)5-15-12(14)16-11;1-4(5)3-6-2;;;/h6-9,18,20,22,25-26,39H,10-17,19,21H2,1-5H3,(H,33,34,35);8-11H,12-16H2,1-7H3;7-8,10-12,22H,3-6,9H2,1-2H3,(H,18,19,20);5-8,18H,1-4H2;4H,3,5H2,1-2H3;3*1H4.